The lowest BCUT2D eigenvalue weighted by Gasteiger charge is -2.23. The van der Waals surface area contributed by atoms with Crippen LogP contribution in [-0.2, 0) is 13.0 Å². The maximum atomic E-state index is 13.1. The molecule has 0 aliphatic heterocycles. The van der Waals surface area contributed by atoms with Crippen molar-refractivity contribution in [1.29, 1.82) is 0 Å². The first-order chi connectivity index (χ1) is 14.3. The van der Waals surface area contributed by atoms with Gasteiger partial charge in [0.05, 0.1) is 5.52 Å². The monoisotopic (exact) mass is 381 g/mol. The highest BCUT2D eigenvalue weighted by Gasteiger charge is 2.16. The normalized spacial score (nSPS) is 10.8. The van der Waals surface area contributed by atoms with E-state index in [4.69, 9.17) is 0 Å². The van der Waals surface area contributed by atoms with E-state index in [1.54, 1.807) is 24.5 Å². The minimum absolute atomic E-state index is 0.0219. The molecule has 0 unspecified atom stereocenters. The van der Waals surface area contributed by atoms with Gasteiger partial charge in [-0.2, -0.15) is 0 Å². The summed E-state index contributed by atoms with van der Waals surface area (Å²) in [5.74, 6) is 0.0219. The van der Waals surface area contributed by atoms with Crippen LogP contribution >= 0.6 is 0 Å². The molecule has 0 bridgehead atoms. The van der Waals surface area contributed by atoms with Crippen LogP contribution in [0.25, 0.3) is 10.9 Å². The second-order valence-electron chi connectivity index (χ2n) is 7.09. The van der Waals surface area contributed by atoms with Crippen LogP contribution in [0.4, 0.5) is 0 Å². The number of amides is 1. The number of carbonyl (C=O) groups is 1. The Labute approximate surface area is 170 Å². The molecule has 0 atom stereocenters. The van der Waals surface area contributed by atoms with Crippen LogP contribution in [0.3, 0.4) is 0 Å². The van der Waals surface area contributed by atoms with Gasteiger partial charge in [0, 0.05) is 42.6 Å². The number of aryl methyl sites for hydroxylation is 1. The number of nitrogens with zero attached hydrogens (tertiary/aromatic N) is 3. The molecule has 4 rings (SSSR count). The molecule has 4 nitrogen and oxygen atoms in total. The zero-order chi connectivity index (χ0) is 19.9. The molecule has 0 fully saturated rings. The first-order valence-corrected chi connectivity index (χ1v) is 9.86. The Morgan fingerprint density at radius 1 is 0.862 bits per heavy atom. The van der Waals surface area contributed by atoms with Crippen LogP contribution in [0.5, 0.6) is 0 Å². The standard InChI is InChI=1S/C25H23N3O/c29-25(22-12-14-26-15-13-22)28(16-6-9-20-7-2-1-3-8-20)19-21-17-23-10-4-5-11-24(23)27-18-21/h1-5,7-8,10-15,17-18H,6,9,16,19H2. The van der Waals surface area contributed by atoms with E-state index in [0.717, 1.165) is 29.3 Å². The summed E-state index contributed by atoms with van der Waals surface area (Å²) in [6.45, 7) is 1.22. The number of carbonyl (C=O) groups excluding carboxylic acids is 1. The van der Waals surface area contributed by atoms with Gasteiger partial charge in [0.2, 0.25) is 0 Å². The van der Waals surface area contributed by atoms with Gasteiger partial charge in [-0.15, -0.1) is 0 Å². The minimum Gasteiger partial charge on any atom is -0.334 e. The summed E-state index contributed by atoms with van der Waals surface area (Å²) in [5, 5.41) is 1.09. The number of fused-ring (bicyclic) bond motifs is 1. The van der Waals surface area contributed by atoms with Crippen LogP contribution in [-0.4, -0.2) is 27.3 Å². The van der Waals surface area contributed by atoms with Crippen molar-refractivity contribution in [1.82, 2.24) is 14.9 Å². The molecule has 29 heavy (non-hydrogen) atoms. The Morgan fingerprint density at radius 3 is 2.45 bits per heavy atom. The first-order valence-electron chi connectivity index (χ1n) is 9.86. The van der Waals surface area contributed by atoms with Gasteiger partial charge in [-0.25, -0.2) is 0 Å². The van der Waals surface area contributed by atoms with Gasteiger partial charge < -0.3 is 4.90 Å². The molecule has 0 aliphatic carbocycles. The summed E-state index contributed by atoms with van der Waals surface area (Å²) in [4.78, 5) is 23.6. The van der Waals surface area contributed by atoms with Gasteiger partial charge in [-0.3, -0.25) is 14.8 Å². The predicted octanol–water partition coefficient (Wildman–Crippen LogP) is 4.91. The lowest BCUT2D eigenvalue weighted by atomic mass is 10.1. The van der Waals surface area contributed by atoms with Crippen molar-refractivity contribution in [3.63, 3.8) is 0 Å². The number of hydrogen-bond acceptors (Lipinski definition) is 3. The van der Waals surface area contributed by atoms with E-state index >= 15 is 0 Å². The fourth-order valence-electron chi connectivity index (χ4n) is 3.47. The van der Waals surface area contributed by atoms with Gasteiger partial charge in [-0.05, 0) is 48.2 Å². The summed E-state index contributed by atoms with van der Waals surface area (Å²) in [7, 11) is 0. The Bertz CT molecular complexity index is 1080. The van der Waals surface area contributed by atoms with E-state index in [0.29, 0.717) is 18.7 Å². The number of aromatic nitrogens is 2. The average molecular weight is 381 g/mol. The molecule has 0 radical (unpaired) electrons. The Morgan fingerprint density at radius 2 is 1.62 bits per heavy atom. The summed E-state index contributed by atoms with van der Waals surface area (Å²) in [6, 6.07) is 24.1. The molecule has 4 heteroatoms. The zero-order valence-corrected chi connectivity index (χ0v) is 16.2. The van der Waals surface area contributed by atoms with Gasteiger partial charge in [0.25, 0.3) is 5.91 Å². The third kappa shape index (κ3) is 4.85. The molecule has 0 saturated heterocycles. The van der Waals surface area contributed by atoms with Crippen LogP contribution < -0.4 is 0 Å². The fourth-order valence-corrected chi connectivity index (χ4v) is 3.47. The molecule has 144 valence electrons. The number of benzene rings is 2. The van der Waals surface area contributed by atoms with Gasteiger partial charge in [0.15, 0.2) is 0 Å². The van der Waals surface area contributed by atoms with Crippen LogP contribution in [0, 0.1) is 0 Å². The highest BCUT2D eigenvalue weighted by Crippen LogP contribution is 2.16. The van der Waals surface area contributed by atoms with E-state index in [9.17, 15) is 4.79 Å². The zero-order valence-electron chi connectivity index (χ0n) is 16.2. The summed E-state index contributed by atoms with van der Waals surface area (Å²) >= 11 is 0. The van der Waals surface area contributed by atoms with Crippen molar-refractivity contribution in [2.75, 3.05) is 6.54 Å². The molecular formula is C25H23N3O. The molecular weight excluding hydrogens is 358 g/mol. The molecule has 2 aromatic heterocycles. The van der Waals surface area contributed by atoms with Crippen LogP contribution in [0.1, 0.15) is 27.9 Å². The van der Waals surface area contributed by atoms with Crippen molar-refractivity contribution in [2.45, 2.75) is 19.4 Å². The van der Waals surface area contributed by atoms with Crippen molar-refractivity contribution in [3.05, 3.63) is 108 Å². The minimum atomic E-state index is 0.0219. The van der Waals surface area contributed by atoms with E-state index in [1.807, 2.05) is 35.4 Å². The fraction of sp³-hybridized carbons (Fsp3) is 0.160. The maximum absolute atomic E-state index is 13.1. The van der Waals surface area contributed by atoms with Crippen LogP contribution in [0.2, 0.25) is 0 Å². The molecule has 4 aromatic rings. The van der Waals surface area contributed by atoms with E-state index in [2.05, 4.69) is 46.4 Å². The molecule has 2 heterocycles. The number of rotatable bonds is 7. The topological polar surface area (TPSA) is 46.1 Å². The molecule has 0 N–H and O–H groups in total. The molecule has 0 saturated carbocycles. The SMILES string of the molecule is O=C(c1ccncc1)N(CCCc1ccccc1)Cc1cnc2ccccc2c1. The predicted molar refractivity (Wildman–Crippen MR) is 115 cm³/mol. The molecule has 0 aliphatic rings. The largest absolute Gasteiger partial charge is 0.334 e. The Kier molecular flexibility index (Phi) is 5.91. The van der Waals surface area contributed by atoms with E-state index in [1.165, 1.54) is 5.56 Å². The summed E-state index contributed by atoms with van der Waals surface area (Å²) in [5.41, 5.74) is 3.95. The smallest absolute Gasteiger partial charge is 0.254 e. The Balaban J connectivity index is 1.52. The van der Waals surface area contributed by atoms with E-state index in [-0.39, 0.29) is 5.91 Å². The van der Waals surface area contributed by atoms with Gasteiger partial charge in [0.1, 0.15) is 0 Å². The molecule has 2 aromatic carbocycles. The molecule has 1 amide bonds. The van der Waals surface area contributed by atoms with Crippen molar-refractivity contribution < 1.29 is 4.79 Å². The van der Waals surface area contributed by atoms with Crippen LogP contribution in [0.15, 0.2) is 91.4 Å². The number of hydrogen-bond donors (Lipinski definition) is 0. The second kappa shape index (κ2) is 9.11. The first kappa shape index (κ1) is 18.8. The Hall–Kier alpha value is -3.53. The second-order valence-corrected chi connectivity index (χ2v) is 7.09. The maximum Gasteiger partial charge on any atom is 0.254 e. The lowest BCUT2D eigenvalue weighted by Crippen LogP contribution is -2.32. The highest BCUT2D eigenvalue weighted by molar-refractivity contribution is 5.94. The summed E-state index contributed by atoms with van der Waals surface area (Å²) < 4.78 is 0. The van der Waals surface area contributed by atoms with Crippen molar-refractivity contribution in [2.24, 2.45) is 0 Å². The van der Waals surface area contributed by atoms with Gasteiger partial charge >= 0.3 is 0 Å². The highest BCUT2D eigenvalue weighted by atomic mass is 16.2. The van der Waals surface area contributed by atoms with E-state index < -0.39 is 0 Å². The lowest BCUT2D eigenvalue weighted by molar-refractivity contribution is 0.0741. The molecule has 0 spiro atoms. The number of pyridine rings is 2. The number of para-hydroxylation sites is 1. The van der Waals surface area contributed by atoms with Crippen molar-refractivity contribution in [3.8, 4) is 0 Å². The quantitative estimate of drug-likeness (QED) is 0.457. The summed E-state index contributed by atoms with van der Waals surface area (Å²) in [6.07, 6.45) is 7.03. The third-order valence-corrected chi connectivity index (χ3v) is 4.97. The van der Waals surface area contributed by atoms with Gasteiger partial charge in [-0.1, -0.05) is 48.5 Å². The average Bonchev–Trinajstić information content (AvgIpc) is 2.79. The van der Waals surface area contributed by atoms with Crippen molar-refractivity contribution >= 4 is 16.8 Å². The third-order valence-electron chi connectivity index (χ3n) is 4.97.